The van der Waals surface area contributed by atoms with E-state index in [2.05, 4.69) is 17.0 Å². The van der Waals surface area contributed by atoms with Crippen LogP contribution >= 0.6 is 0 Å². The molecular weight excluding hydrogens is 201 g/mol. The van der Waals surface area contributed by atoms with Gasteiger partial charge >= 0.3 is 0 Å². The molecule has 1 heterocycles. The molecule has 2 aromatic carbocycles. The summed E-state index contributed by atoms with van der Waals surface area (Å²) in [6.45, 7) is 0.884. The van der Waals surface area contributed by atoms with Crippen LogP contribution in [0.4, 0.5) is 10.1 Å². The summed E-state index contributed by atoms with van der Waals surface area (Å²) in [5.74, 6) is -0.177. The number of benzene rings is 2. The van der Waals surface area contributed by atoms with Crippen LogP contribution in [0.15, 0.2) is 42.5 Å². The summed E-state index contributed by atoms with van der Waals surface area (Å²) in [4.78, 5) is 2.15. The maximum atomic E-state index is 13.3. The molecule has 16 heavy (non-hydrogen) atoms. The van der Waals surface area contributed by atoms with Crippen LogP contribution in [0.1, 0.15) is 5.56 Å². The highest BCUT2D eigenvalue weighted by molar-refractivity contribution is 5.83. The van der Waals surface area contributed by atoms with E-state index in [0.29, 0.717) is 0 Å². The van der Waals surface area contributed by atoms with Crippen LogP contribution in [0.3, 0.4) is 0 Å². The molecule has 1 aliphatic rings. The average molecular weight is 213 g/mol. The van der Waals surface area contributed by atoms with Crippen LogP contribution in [-0.2, 0) is 6.54 Å². The molecule has 2 heteroatoms. The predicted octanol–water partition coefficient (Wildman–Crippen LogP) is 3.44. The molecule has 0 aromatic heterocycles. The van der Waals surface area contributed by atoms with E-state index in [4.69, 9.17) is 0 Å². The van der Waals surface area contributed by atoms with Crippen molar-refractivity contribution in [1.29, 1.82) is 0 Å². The monoisotopic (exact) mass is 213 g/mol. The van der Waals surface area contributed by atoms with Gasteiger partial charge in [-0.3, -0.25) is 0 Å². The normalized spacial score (nSPS) is 13.2. The number of fused-ring (bicyclic) bond motifs is 3. The first-order valence-electron chi connectivity index (χ1n) is 5.34. The van der Waals surface area contributed by atoms with Crippen molar-refractivity contribution in [1.82, 2.24) is 0 Å². The highest BCUT2D eigenvalue weighted by atomic mass is 19.1. The van der Waals surface area contributed by atoms with Gasteiger partial charge in [-0.1, -0.05) is 24.3 Å². The topological polar surface area (TPSA) is 3.24 Å². The van der Waals surface area contributed by atoms with Gasteiger partial charge in [0.15, 0.2) is 0 Å². The molecule has 1 nitrogen and oxygen atoms in total. The van der Waals surface area contributed by atoms with Gasteiger partial charge < -0.3 is 4.90 Å². The van der Waals surface area contributed by atoms with E-state index in [0.717, 1.165) is 23.4 Å². The molecule has 2 aromatic rings. The van der Waals surface area contributed by atoms with E-state index in [1.54, 1.807) is 6.07 Å². The fourth-order valence-corrected chi connectivity index (χ4v) is 2.32. The zero-order valence-electron chi connectivity index (χ0n) is 9.07. The van der Waals surface area contributed by atoms with Crippen molar-refractivity contribution in [3.63, 3.8) is 0 Å². The lowest BCUT2D eigenvalue weighted by Crippen LogP contribution is -2.21. The van der Waals surface area contributed by atoms with Crippen LogP contribution in [0, 0.1) is 5.82 Å². The van der Waals surface area contributed by atoms with Crippen LogP contribution in [0.2, 0.25) is 0 Å². The van der Waals surface area contributed by atoms with Gasteiger partial charge in [-0.25, -0.2) is 4.39 Å². The van der Waals surface area contributed by atoms with E-state index in [9.17, 15) is 4.39 Å². The van der Waals surface area contributed by atoms with Crippen molar-refractivity contribution in [2.45, 2.75) is 6.54 Å². The van der Waals surface area contributed by atoms with Crippen LogP contribution in [0.25, 0.3) is 11.1 Å². The SMILES string of the molecule is CN1Cc2ccccc2-c2cc(F)ccc21. The molecule has 0 saturated heterocycles. The molecule has 0 fully saturated rings. The highest BCUT2D eigenvalue weighted by Crippen LogP contribution is 2.38. The van der Waals surface area contributed by atoms with Crippen molar-refractivity contribution in [2.24, 2.45) is 0 Å². The fraction of sp³-hybridized carbons (Fsp3) is 0.143. The quantitative estimate of drug-likeness (QED) is 0.648. The second kappa shape index (κ2) is 3.34. The highest BCUT2D eigenvalue weighted by Gasteiger charge is 2.19. The van der Waals surface area contributed by atoms with E-state index in [1.165, 1.54) is 11.6 Å². The molecule has 0 atom stereocenters. The fourth-order valence-electron chi connectivity index (χ4n) is 2.32. The van der Waals surface area contributed by atoms with Crippen LogP contribution in [-0.4, -0.2) is 7.05 Å². The summed E-state index contributed by atoms with van der Waals surface area (Å²) in [7, 11) is 2.03. The minimum Gasteiger partial charge on any atom is -0.370 e. The lowest BCUT2D eigenvalue weighted by atomic mass is 9.94. The number of nitrogens with zero attached hydrogens (tertiary/aromatic N) is 1. The Bertz CT molecular complexity index is 548. The molecule has 0 saturated carbocycles. The van der Waals surface area contributed by atoms with Gasteiger partial charge in [0, 0.05) is 24.8 Å². The minimum atomic E-state index is -0.177. The van der Waals surface area contributed by atoms with Crippen molar-refractivity contribution >= 4 is 5.69 Å². The molecule has 0 amide bonds. The molecule has 1 aliphatic heterocycles. The van der Waals surface area contributed by atoms with Crippen LogP contribution < -0.4 is 4.90 Å². The van der Waals surface area contributed by atoms with Crippen molar-refractivity contribution < 1.29 is 4.39 Å². The summed E-state index contributed by atoms with van der Waals surface area (Å²) in [5.41, 5.74) is 4.49. The lowest BCUT2D eigenvalue weighted by Gasteiger charge is -2.29. The van der Waals surface area contributed by atoms with Gasteiger partial charge in [0.2, 0.25) is 0 Å². The molecule has 0 spiro atoms. The number of rotatable bonds is 0. The summed E-state index contributed by atoms with van der Waals surface area (Å²) < 4.78 is 13.3. The van der Waals surface area contributed by atoms with Gasteiger partial charge in [-0.05, 0) is 29.3 Å². The van der Waals surface area contributed by atoms with Crippen molar-refractivity contribution in [3.05, 3.63) is 53.8 Å². The number of hydrogen-bond donors (Lipinski definition) is 0. The zero-order valence-corrected chi connectivity index (χ0v) is 9.07. The molecule has 3 rings (SSSR count). The minimum absolute atomic E-state index is 0.177. The Morgan fingerprint density at radius 2 is 1.88 bits per heavy atom. The van der Waals surface area contributed by atoms with E-state index in [-0.39, 0.29) is 5.82 Å². The van der Waals surface area contributed by atoms with Crippen molar-refractivity contribution in [3.8, 4) is 11.1 Å². The molecule has 0 radical (unpaired) electrons. The molecule has 0 bridgehead atoms. The molecule has 0 N–H and O–H groups in total. The maximum Gasteiger partial charge on any atom is 0.123 e. The Morgan fingerprint density at radius 1 is 1.06 bits per heavy atom. The third-order valence-corrected chi connectivity index (χ3v) is 3.08. The van der Waals surface area contributed by atoms with Gasteiger partial charge in [0.05, 0.1) is 0 Å². The molecule has 80 valence electrons. The Balaban J connectivity index is 2.30. The van der Waals surface area contributed by atoms with Gasteiger partial charge in [0.25, 0.3) is 0 Å². The third-order valence-electron chi connectivity index (χ3n) is 3.08. The summed E-state index contributed by atoms with van der Waals surface area (Å²) >= 11 is 0. The van der Waals surface area contributed by atoms with E-state index >= 15 is 0 Å². The average Bonchev–Trinajstić information content (AvgIpc) is 2.29. The largest absolute Gasteiger partial charge is 0.370 e. The Hall–Kier alpha value is -1.83. The Morgan fingerprint density at radius 3 is 2.75 bits per heavy atom. The number of hydrogen-bond acceptors (Lipinski definition) is 1. The molecule has 0 aliphatic carbocycles. The van der Waals surface area contributed by atoms with Gasteiger partial charge in [-0.2, -0.15) is 0 Å². The van der Waals surface area contributed by atoms with Crippen LogP contribution in [0.5, 0.6) is 0 Å². The maximum absolute atomic E-state index is 13.3. The zero-order chi connectivity index (χ0) is 11.1. The first-order chi connectivity index (χ1) is 7.75. The Labute approximate surface area is 94.1 Å². The van der Waals surface area contributed by atoms with Gasteiger partial charge in [-0.15, -0.1) is 0 Å². The van der Waals surface area contributed by atoms with E-state index in [1.807, 2.05) is 25.2 Å². The molecule has 0 unspecified atom stereocenters. The number of anilines is 1. The first kappa shape index (κ1) is 9.40. The summed E-state index contributed by atoms with van der Waals surface area (Å²) in [6.07, 6.45) is 0. The van der Waals surface area contributed by atoms with Gasteiger partial charge in [0.1, 0.15) is 5.82 Å². The second-order valence-corrected chi connectivity index (χ2v) is 4.17. The third kappa shape index (κ3) is 1.30. The molecular formula is C14H12FN. The Kier molecular flexibility index (Phi) is 1.96. The lowest BCUT2D eigenvalue weighted by molar-refractivity contribution is 0.628. The van der Waals surface area contributed by atoms with Crippen molar-refractivity contribution in [2.75, 3.05) is 11.9 Å². The second-order valence-electron chi connectivity index (χ2n) is 4.17. The van der Waals surface area contributed by atoms with E-state index < -0.39 is 0 Å². The first-order valence-corrected chi connectivity index (χ1v) is 5.34. The summed E-state index contributed by atoms with van der Waals surface area (Å²) in [5, 5.41) is 0. The smallest absolute Gasteiger partial charge is 0.123 e. The standard InChI is InChI=1S/C14H12FN/c1-16-9-10-4-2-3-5-12(10)13-8-11(15)6-7-14(13)16/h2-8H,9H2,1H3. The summed E-state index contributed by atoms with van der Waals surface area (Å²) in [6, 6.07) is 13.2. The number of halogens is 1. The predicted molar refractivity (Wildman–Crippen MR) is 63.9 cm³/mol.